The molecule has 0 atom stereocenters. The van der Waals surface area contributed by atoms with Crippen molar-refractivity contribution in [1.29, 1.82) is 0 Å². The van der Waals surface area contributed by atoms with E-state index in [9.17, 15) is 9.59 Å². The Morgan fingerprint density at radius 3 is 2.38 bits per heavy atom. The molecule has 1 fully saturated rings. The molecule has 1 aliphatic rings. The third kappa shape index (κ3) is 4.61. The van der Waals surface area contributed by atoms with Crippen molar-refractivity contribution < 1.29 is 9.59 Å². The summed E-state index contributed by atoms with van der Waals surface area (Å²) in [6.45, 7) is 1.34. The summed E-state index contributed by atoms with van der Waals surface area (Å²) in [4.78, 5) is 25.6. The number of halogens is 2. The van der Waals surface area contributed by atoms with Crippen LogP contribution in [0.5, 0.6) is 0 Å². The van der Waals surface area contributed by atoms with Gasteiger partial charge in [0.25, 0.3) is 5.91 Å². The molecule has 4 nitrogen and oxygen atoms in total. The minimum atomic E-state index is -0.0998. The van der Waals surface area contributed by atoms with Crippen molar-refractivity contribution in [3.8, 4) is 0 Å². The van der Waals surface area contributed by atoms with Crippen molar-refractivity contribution >= 4 is 35.0 Å². The van der Waals surface area contributed by atoms with Crippen molar-refractivity contribution in [1.82, 2.24) is 10.2 Å². The van der Waals surface area contributed by atoms with Gasteiger partial charge in [-0.3, -0.25) is 9.59 Å². The van der Waals surface area contributed by atoms with Crippen molar-refractivity contribution in [3.63, 3.8) is 0 Å². The standard InChI is InChI=1S/C15H18Cl2N2O2/c16-8-5-14(20)19-9-6-13(7-10-19)18-15(21)11-1-3-12(17)4-2-11/h1-4,13H,5-10H2,(H,18,21). The van der Waals surface area contributed by atoms with Crippen molar-refractivity contribution in [2.75, 3.05) is 19.0 Å². The zero-order valence-corrected chi connectivity index (χ0v) is 13.2. The molecule has 1 aromatic carbocycles. The molecule has 1 aromatic rings. The van der Waals surface area contributed by atoms with E-state index in [4.69, 9.17) is 23.2 Å². The van der Waals surface area contributed by atoms with E-state index in [2.05, 4.69) is 5.32 Å². The van der Waals surface area contributed by atoms with Gasteiger partial charge < -0.3 is 10.2 Å². The molecule has 0 unspecified atom stereocenters. The van der Waals surface area contributed by atoms with Crippen molar-refractivity contribution in [2.24, 2.45) is 0 Å². The average molecular weight is 329 g/mol. The van der Waals surface area contributed by atoms with Gasteiger partial charge in [0, 0.05) is 42.0 Å². The van der Waals surface area contributed by atoms with Gasteiger partial charge in [-0.1, -0.05) is 11.6 Å². The van der Waals surface area contributed by atoms with Crippen LogP contribution < -0.4 is 5.32 Å². The predicted molar refractivity (Wildman–Crippen MR) is 83.9 cm³/mol. The third-order valence-corrected chi connectivity index (χ3v) is 4.04. The molecule has 0 aromatic heterocycles. The predicted octanol–water partition coefficient (Wildman–Crippen LogP) is 2.69. The number of benzene rings is 1. The summed E-state index contributed by atoms with van der Waals surface area (Å²) in [6, 6.07) is 6.91. The van der Waals surface area contributed by atoms with Gasteiger partial charge in [-0.15, -0.1) is 11.6 Å². The summed E-state index contributed by atoms with van der Waals surface area (Å²) < 4.78 is 0. The summed E-state index contributed by atoms with van der Waals surface area (Å²) in [5.74, 6) is 0.344. The molecular weight excluding hydrogens is 311 g/mol. The Labute approximate surface area is 134 Å². The highest BCUT2D eigenvalue weighted by atomic mass is 35.5. The molecule has 6 heteroatoms. The first-order chi connectivity index (χ1) is 10.1. The van der Waals surface area contributed by atoms with Crippen LogP contribution in [-0.4, -0.2) is 41.7 Å². The second-order valence-corrected chi connectivity index (χ2v) is 5.89. The number of piperidine rings is 1. The Bertz CT molecular complexity index is 497. The van der Waals surface area contributed by atoms with Gasteiger partial charge >= 0.3 is 0 Å². The van der Waals surface area contributed by atoms with Gasteiger partial charge in [0.15, 0.2) is 0 Å². The lowest BCUT2D eigenvalue weighted by molar-refractivity contribution is -0.131. The Balaban J connectivity index is 1.82. The highest BCUT2D eigenvalue weighted by Crippen LogP contribution is 2.14. The van der Waals surface area contributed by atoms with E-state index in [0.29, 0.717) is 36.0 Å². The Morgan fingerprint density at radius 2 is 1.81 bits per heavy atom. The van der Waals surface area contributed by atoms with Crippen LogP contribution in [-0.2, 0) is 4.79 Å². The van der Waals surface area contributed by atoms with Crippen LogP contribution in [0.3, 0.4) is 0 Å². The molecular formula is C15H18Cl2N2O2. The summed E-state index contributed by atoms with van der Waals surface area (Å²) in [7, 11) is 0. The van der Waals surface area contributed by atoms with Gasteiger partial charge in [0.2, 0.25) is 5.91 Å². The second kappa shape index (κ2) is 7.66. The number of alkyl halides is 1. The number of likely N-dealkylation sites (tertiary alicyclic amines) is 1. The fraction of sp³-hybridized carbons (Fsp3) is 0.467. The molecule has 0 bridgehead atoms. The molecule has 0 radical (unpaired) electrons. The molecule has 0 aliphatic carbocycles. The van der Waals surface area contributed by atoms with Gasteiger partial charge in [-0.05, 0) is 37.1 Å². The van der Waals surface area contributed by atoms with Crippen molar-refractivity contribution in [3.05, 3.63) is 34.9 Å². The first-order valence-electron chi connectivity index (χ1n) is 7.00. The summed E-state index contributed by atoms with van der Waals surface area (Å²) in [6.07, 6.45) is 1.92. The number of amides is 2. The normalized spacial score (nSPS) is 15.8. The summed E-state index contributed by atoms with van der Waals surface area (Å²) in [5.41, 5.74) is 0.597. The van der Waals surface area contributed by atoms with Gasteiger partial charge in [-0.2, -0.15) is 0 Å². The molecule has 1 heterocycles. The lowest BCUT2D eigenvalue weighted by atomic mass is 10.0. The molecule has 1 N–H and O–H groups in total. The number of rotatable bonds is 4. The van der Waals surface area contributed by atoms with E-state index in [1.807, 2.05) is 4.90 Å². The number of nitrogens with zero attached hydrogens (tertiary/aromatic N) is 1. The molecule has 21 heavy (non-hydrogen) atoms. The van der Waals surface area contributed by atoms with E-state index in [1.165, 1.54) is 0 Å². The van der Waals surface area contributed by atoms with Crippen LogP contribution in [0.2, 0.25) is 5.02 Å². The molecule has 0 spiro atoms. The highest BCUT2D eigenvalue weighted by Gasteiger charge is 2.23. The lowest BCUT2D eigenvalue weighted by Crippen LogP contribution is -2.46. The minimum absolute atomic E-state index is 0.0903. The van der Waals surface area contributed by atoms with Crippen LogP contribution in [0.4, 0.5) is 0 Å². The zero-order valence-electron chi connectivity index (χ0n) is 11.6. The zero-order chi connectivity index (χ0) is 15.2. The maximum Gasteiger partial charge on any atom is 0.251 e. The molecule has 0 saturated carbocycles. The Morgan fingerprint density at radius 1 is 1.19 bits per heavy atom. The van der Waals surface area contributed by atoms with Crippen LogP contribution in [0, 0.1) is 0 Å². The van der Waals surface area contributed by atoms with E-state index in [1.54, 1.807) is 24.3 Å². The third-order valence-electron chi connectivity index (χ3n) is 3.60. The van der Waals surface area contributed by atoms with E-state index in [0.717, 1.165) is 12.8 Å². The van der Waals surface area contributed by atoms with E-state index >= 15 is 0 Å². The number of carbonyl (C=O) groups excluding carboxylic acids is 2. The Hall–Kier alpha value is -1.26. The molecule has 2 rings (SSSR count). The molecule has 114 valence electrons. The SMILES string of the molecule is O=C(NC1CCN(C(=O)CCCl)CC1)c1ccc(Cl)cc1. The maximum absolute atomic E-state index is 12.1. The topological polar surface area (TPSA) is 49.4 Å². The van der Waals surface area contributed by atoms with Crippen LogP contribution in [0.1, 0.15) is 29.6 Å². The molecule has 1 saturated heterocycles. The minimum Gasteiger partial charge on any atom is -0.349 e. The number of nitrogens with one attached hydrogen (secondary N) is 1. The first-order valence-corrected chi connectivity index (χ1v) is 7.91. The lowest BCUT2D eigenvalue weighted by Gasteiger charge is -2.32. The van der Waals surface area contributed by atoms with Crippen molar-refractivity contribution in [2.45, 2.75) is 25.3 Å². The fourth-order valence-electron chi connectivity index (χ4n) is 2.38. The second-order valence-electron chi connectivity index (χ2n) is 5.07. The molecule has 2 amide bonds. The quantitative estimate of drug-likeness (QED) is 0.864. The number of hydrogen-bond donors (Lipinski definition) is 1. The smallest absolute Gasteiger partial charge is 0.251 e. The largest absolute Gasteiger partial charge is 0.349 e. The van der Waals surface area contributed by atoms with E-state index in [-0.39, 0.29) is 17.9 Å². The maximum atomic E-state index is 12.1. The highest BCUT2D eigenvalue weighted by molar-refractivity contribution is 6.30. The van der Waals surface area contributed by atoms with Gasteiger partial charge in [0.05, 0.1) is 0 Å². The first kappa shape index (κ1) is 16.1. The monoisotopic (exact) mass is 328 g/mol. The van der Waals surface area contributed by atoms with Gasteiger partial charge in [0.1, 0.15) is 0 Å². The summed E-state index contributed by atoms with van der Waals surface area (Å²) >= 11 is 11.4. The van der Waals surface area contributed by atoms with E-state index < -0.39 is 0 Å². The fourth-order valence-corrected chi connectivity index (χ4v) is 2.67. The summed E-state index contributed by atoms with van der Waals surface area (Å²) in [5, 5.41) is 3.61. The number of carbonyl (C=O) groups is 2. The molecule has 1 aliphatic heterocycles. The Kier molecular flexibility index (Phi) is 5.88. The van der Waals surface area contributed by atoms with Crippen LogP contribution in [0.15, 0.2) is 24.3 Å². The van der Waals surface area contributed by atoms with Crippen LogP contribution in [0.25, 0.3) is 0 Å². The van der Waals surface area contributed by atoms with Crippen LogP contribution >= 0.6 is 23.2 Å². The average Bonchev–Trinajstić information content (AvgIpc) is 2.49. The van der Waals surface area contributed by atoms with Gasteiger partial charge in [-0.25, -0.2) is 0 Å². The number of hydrogen-bond acceptors (Lipinski definition) is 2.